The van der Waals surface area contributed by atoms with Gasteiger partial charge in [-0.05, 0) is 31.7 Å². The Kier molecular flexibility index (Phi) is 7.05. The van der Waals surface area contributed by atoms with E-state index in [1.807, 2.05) is 0 Å². The van der Waals surface area contributed by atoms with Gasteiger partial charge in [0.2, 0.25) is 5.91 Å². The Morgan fingerprint density at radius 2 is 2.24 bits per heavy atom. The molecule has 1 saturated heterocycles. The minimum atomic E-state index is -0.319. The van der Waals surface area contributed by atoms with E-state index in [1.54, 1.807) is 6.92 Å². The van der Waals surface area contributed by atoms with Crippen molar-refractivity contribution >= 4 is 18.3 Å². The lowest BCUT2D eigenvalue weighted by molar-refractivity contribution is -0.124. The summed E-state index contributed by atoms with van der Waals surface area (Å²) >= 11 is 0. The molecule has 1 aliphatic heterocycles. The van der Waals surface area contributed by atoms with Gasteiger partial charge in [0.25, 0.3) is 0 Å². The van der Waals surface area contributed by atoms with E-state index in [1.165, 1.54) is 0 Å². The molecule has 1 aliphatic rings. The molecule has 3 N–H and O–H groups in total. The van der Waals surface area contributed by atoms with Crippen molar-refractivity contribution in [3.05, 3.63) is 0 Å². The van der Waals surface area contributed by atoms with Gasteiger partial charge >= 0.3 is 0 Å². The number of nitrogens with one attached hydrogen (secondary N) is 2. The number of rotatable bonds is 5. The smallest absolute Gasteiger partial charge is 0.224 e. The number of amides is 1. The number of carbonyl (C=O) groups excluding carboxylic acids is 1. The van der Waals surface area contributed by atoms with Gasteiger partial charge in [0.1, 0.15) is 0 Å². The molecule has 1 amide bonds. The Bertz CT molecular complexity index is 239. The molecule has 2 unspecified atom stereocenters. The average Bonchev–Trinajstić information content (AvgIpc) is 2.64. The molecule has 2 atom stereocenters. The van der Waals surface area contributed by atoms with Crippen molar-refractivity contribution in [3.8, 4) is 0 Å². The molecule has 0 bridgehead atoms. The van der Waals surface area contributed by atoms with E-state index in [-0.39, 0.29) is 35.8 Å². The van der Waals surface area contributed by atoms with Crippen LogP contribution in [-0.2, 0) is 4.79 Å². The first-order valence-corrected chi connectivity index (χ1v) is 6.07. The fourth-order valence-electron chi connectivity index (χ4n) is 2.22. The molecule has 102 valence electrons. The van der Waals surface area contributed by atoms with Gasteiger partial charge in [-0.1, -0.05) is 13.8 Å². The van der Waals surface area contributed by atoms with Crippen LogP contribution in [0.1, 0.15) is 33.6 Å². The van der Waals surface area contributed by atoms with E-state index in [9.17, 15) is 9.90 Å². The Hall–Kier alpha value is -0.320. The monoisotopic (exact) mass is 264 g/mol. The number of aliphatic hydroxyl groups excluding tert-OH is 1. The fourth-order valence-corrected chi connectivity index (χ4v) is 2.22. The van der Waals surface area contributed by atoms with Crippen LogP contribution in [0.5, 0.6) is 0 Å². The number of hydrogen-bond acceptors (Lipinski definition) is 3. The Morgan fingerprint density at radius 3 is 2.71 bits per heavy atom. The Morgan fingerprint density at radius 1 is 1.59 bits per heavy atom. The first-order chi connectivity index (χ1) is 7.41. The van der Waals surface area contributed by atoms with Crippen LogP contribution in [0.4, 0.5) is 0 Å². The zero-order valence-corrected chi connectivity index (χ0v) is 11.8. The molecule has 0 spiro atoms. The lowest BCUT2D eigenvalue weighted by Crippen LogP contribution is -2.39. The highest BCUT2D eigenvalue weighted by atomic mass is 35.5. The van der Waals surface area contributed by atoms with Gasteiger partial charge in [-0.2, -0.15) is 0 Å². The summed E-state index contributed by atoms with van der Waals surface area (Å²) in [6.07, 6.45) is 1.32. The predicted octanol–water partition coefficient (Wildman–Crippen LogP) is 0.931. The third-order valence-corrected chi connectivity index (χ3v) is 3.02. The predicted molar refractivity (Wildman–Crippen MR) is 71.3 cm³/mol. The third kappa shape index (κ3) is 6.24. The van der Waals surface area contributed by atoms with Crippen molar-refractivity contribution < 1.29 is 9.90 Å². The fraction of sp³-hybridized carbons (Fsp3) is 0.917. The number of hydrogen-bond donors (Lipinski definition) is 3. The molecule has 17 heavy (non-hydrogen) atoms. The second-order valence-electron chi connectivity index (χ2n) is 5.62. The maximum absolute atomic E-state index is 11.8. The van der Waals surface area contributed by atoms with E-state index in [4.69, 9.17) is 0 Å². The van der Waals surface area contributed by atoms with Gasteiger partial charge in [0.15, 0.2) is 0 Å². The molecule has 1 fully saturated rings. The van der Waals surface area contributed by atoms with Crippen molar-refractivity contribution in [2.45, 2.75) is 39.7 Å². The van der Waals surface area contributed by atoms with E-state index in [0.29, 0.717) is 13.0 Å². The van der Waals surface area contributed by atoms with Crippen LogP contribution in [-0.4, -0.2) is 36.8 Å². The van der Waals surface area contributed by atoms with Crippen molar-refractivity contribution in [3.63, 3.8) is 0 Å². The topological polar surface area (TPSA) is 61.4 Å². The van der Waals surface area contributed by atoms with Crippen LogP contribution in [0.2, 0.25) is 0 Å². The van der Waals surface area contributed by atoms with Gasteiger partial charge in [-0.25, -0.2) is 0 Å². The summed E-state index contributed by atoms with van der Waals surface area (Å²) in [4.78, 5) is 11.8. The maximum atomic E-state index is 11.8. The van der Waals surface area contributed by atoms with Gasteiger partial charge < -0.3 is 15.7 Å². The van der Waals surface area contributed by atoms with Gasteiger partial charge in [-0.15, -0.1) is 12.4 Å². The van der Waals surface area contributed by atoms with Gasteiger partial charge in [0.05, 0.1) is 12.0 Å². The van der Waals surface area contributed by atoms with Crippen LogP contribution in [0.15, 0.2) is 0 Å². The summed E-state index contributed by atoms with van der Waals surface area (Å²) in [5.74, 6) is 0.269. The molecule has 1 heterocycles. The summed E-state index contributed by atoms with van der Waals surface area (Å²) < 4.78 is 0. The zero-order valence-electron chi connectivity index (χ0n) is 11.0. The molecule has 0 aromatic carbocycles. The second-order valence-corrected chi connectivity index (χ2v) is 5.62. The summed E-state index contributed by atoms with van der Waals surface area (Å²) in [5, 5.41) is 15.5. The second kappa shape index (κ2) is 7.19. The lowest BCUT2D eigenvalue weighted by atomic mass is 9.87. The molecule has 0 aliphatic carbocycles. The molecule has 0 saturated carbocycles. The summed E-state index contributed by atoms with van der Waals surface area (Å²) in [6, 6.07) is 0. The summed E-state index contributed by atoms with van der Waals surface area (Å²) in [6.45, 7) is 8.27. The van der Waals surface area contributed by atoms with E-state index < -0.39 is 0 Å². The van der Waals surface area contributed by atoms with E-state index in [2.05, 4.69) is 24.5 Å². The zero-order chi connectivity index (χ0) is 12.2. The molecular formula is C12H25ClN2O2. The standard InChI is InChI=1S/C12H24N2O2.ClH/c1-9(15)6-12(2,3)8-14-11(16)10-4-5-13-7-10;/h9-10,13,15H,4-8H2,1-3H3,(H,14,16);1H. The third-order valence-electron chi connectivity index (χ3n) is 3.02. The van der Waals surface area contributed by atoms with Crippen LogP contribution in [0.3, 0.4) is 0 Å². The lowest BCUT2D eigenvalue weighted by Gasteiger charge is -2.27. The molecule has 0 aromatic heterocycles. The van der Waals surface area contributed by atoms with Crippen molar-refractivity contribution in [1.29, 1.82) is 0 Å². The molecule has 0 aromatic rings. The largest absolute Gasteiger partial charge is 0.393 e. The highest BCUT2D eigenvalue weighted by Gasteiger charge is 2.25. The van der Waals surface area contributed by atoms with Crippen molar-refractivity contribution in [2.75, 3.05) is 19.6 Å². The van der Waals surface area contributed by atoms with Crippen molar-refractivity contribution in [1.82, 2.24) is 10.6 Å². The normalized spacial score (nSPS) is 21.8. The van der Waals surface area contributed by atoms with E-state index in [0.717, 1.165) is 19.5 Å². The summed E-state index contributed by atoms with van der Waals surface area (Å²) in [7, 11) is 0. The number of halogens is 1. The molecule has 1 rings (SSSR count). The van der Waals surface area contributed by atoms with Crippen molar-refractivity contribution in [2.24, 2.45) is 11.3 Å². The van der Waals surface area contributed by atoms with Crippen LogP contribution in [0.25, 0.3) is 0 Å². The molecule has 4 nitrogen and oxygen atoms in total. The molecule has 0 radical (unpaired) electrons. The number of carbonyl (C=O) groups is 1. The first-order valence-electron chi connectivity index (χ1n) is 6.07. The Balaban J connectivity index is 0.00000256. The van der Waals surface area contributed by atoms with Gasteiger partial charge in [0, 0.05) is 13.1 Å². The van der Waals surface area contributed by atoms with Crippen LogP contribution in [0, 0.1) is 11.3 Å². The SMILES string of the molecule is CC(O)CC(C)(C)CNC(=O)C1CCNC1.Cl. The summed E-state index contributed by atoms with van der Waals surface area (Å²) in [5.41, 5.74) is -0.0458. The highest BCUT2D eigenvalue weighted by molar-refractivity contribution is 5.85. The average molecular weight is 265 g/mol. The first kappa shape index (κ1) is 16.7. The molecule has 5 heteroatoms. The minimum absolute atomic E-state index is 0. The minimum Gasteiger partial charge on any atom is -0.393 e. The van der Waals surface area contributed by atoms with E-state index >= 15 is 0 Å². The molecular weight excluding hydrogens is 240 g/mol. The van der Waals surface area contributed by atoms with Crippen LogP contribution < -0.4 is 10.6 Å². The van der Waals surface area contributed by atoms with Crippen LogP contribution >= 0.6 is 12.4 Å². The maximum Gasteiger partial charge on any atom is 0.224 e. The highest BCUT2D eigenvalue weighted by Crippen LogP contribution is 2.21. The number of aliphatic hydroxyl groups is 1. The Labute approximate surface area is 110 Å². The van der Waals surface area contributed by atoms with Gasteiger partial charge in [-0.3, -0.25) is 4.79 Å². The quantitative estimate of drug-likeness (QED) is 0.692.